The molecule has 3 atom stereocenters. The molecule has 0 radical (unpaired) electrons. The largest absolute Gasteiger partial charge is 0.493 e. The molecule has 2 aromatic heterocycles. The summed E-state index contributed by atoms with van der Waals surface area (Å²) in [5.74, 6) is 2.21. The molecule has 5 rings (SSSR count). The van der Waals surface area contributed by atoms with Crippen molar-refractivity contribution < 1.29 is 17.9 Å². The van der Waals surface area contributed by atoms with Gasteiger partial charge in [0.1, 0.15) is 17.1 Å². The molecule has 1 aromatic carbocycles. The Kier molecular flexibility index (Phi) is 4.27. The molecule has 1 saturated carbocycles. The summed E-state index contributed by atoms with van der Waals surface area (Å²) in [7, 11) is 1.98. The van der Waals surface area contributed by atoms with E-state index in [1.54, 1.807) is 12.3 Å². The monoisotopic (exact) mass is 402 g/mol. The van der Waals surface area contributed by atoms with Crippen molar-refractivity contribution in [3.05, 3.63) is 54.0 Å². The number of para-hydroxylation sites is 1. The van der Waals surface area contributed by atoms with Crippen LogP contribution in [0.3, 0.4) is 0 Å². The van der Waals surface area contributed by atoms with Gasteiger partial charge in [0, 0.05) is 32.3 Å². The Hall–Kier alpha value is -2.61. The Bertz CT molecular complexity index is 1040. The number of aryl methyl sites for hydroxylation is 1. The Morgan fingerprint density at radius 3 is 2.59 bits per heavy atom. The molecule has 5 nitrogen and oxygen atoms in total. The quantitative estimate of drug-likeness (QED) is 0.652. The summed E-state index contributed by atoms with van der Waals surface area (Å²) in [6, 6.07) is 9.26. The number of hydrogen-bond donors (Lipinski definition) is 0. The SMILES string of the molecule is Cn1c(CN2C[C@@H]3C(COc4ccccc4C(F)(F)F)[C@@H]3C2)nc2cccnc21. The zero-order valence-corrected chi connectivity index (χ0v) is 15.9. The summed E-state index contributed by atoms with van der Waals surface area (Å²) in [4.78, 5) is 11.4. The fourth-order valence-electron chi connectivity index (χ4n) is 4.54. The van der Waals surface area contributed by atoms with Crippen LogP contribution in [-0.2, 0) is 19.8 Å². The number of rotatable bonds is 5. The van der Waals surface area contributed by atoms with Crippen molar-refractivity contribution in [2.75, 3.05) is 19.7 Å². The van der Waals surface area contributed by atoms with E-state index in [0.29, 0.717) is 24.4 Å². The Balaban J connectivity index is 1.18. The van der Waals surface area contributed by atoms with Crippen LogP contribution in [0.5, 0.6) is 5.75 Å². The number of piperidine rings is 1. The maximum atomic E-state index is 13.1. The minimum atomic E-state index is -4.40. The van der Waals surface area contributed by atoms with Gasteiger partial charge in [-0.05, 0) is 36.1 Å². The van der Waals surface area contributed by atoms with Crippen LogP contribution in [0.2, 0.25) is 0 Å². The third kappa shape index (κ3) is 3.35. The van der Waals surface area contributed by atoms with Crippen LogP contribution in [0.25, 0.3) is 11.2 Å². The topological polar surface area (TPSA) is 43.2 Å². The molecule has 2 aliphatic rings. The van der Waals surface area contributed by atoms with E-state index < -0.39 is 11.7 Å². The highest BCUT2D eigenvalue weighted by molar-refractivity contribution is 5.70. The number of aromatic nitrogens is 3. The molecule has 0 bridgehead atoms. The van der Waals surface area contributed by atoms with Gasteiger partial charge < -0.3 is 9.30 Å². The highest BCUT2D eigenvalue weighted by Crippen LogP contribution is 2.52. The lowest BCUT2D eigenvalue weighted by molar-refractivity contribution is -0.139. The van der Waals surface area contributed by atoms with E-state index in [4.69, 9.17) is 4.74 Å². The lowest BCUT2D eigenvalue weighted by Gasteiger charge is -2.19. The molecule has 1 aliphatic heterocycles. The molecule has 3 aromatic rings. The van der Waals surface area contributed by atoms with Gasteiger partial charge in [-0.3, -0.25) is 4.90 Å². The lowest BCUT2D eigenvalue weighted by atomic mass is 10.2. The van der Waals surface area contributed by atoms with Crippen LogP contribution in [0, 0.1) is 17.8 Å². The van der Waals surface area contributed by atoms with Gasteiger partial charge in [0.05, 0.1) is 18.7 Å². The zero-order valence-electron chi connectivity index (χ0n) is 15.9. The summed E-state index contributed by atoms with van der Waals surface area (Å²) in [5.41, 5.74) is 1.06. The number of hydrogen-bond acceptors (Lipinski definition) is 4. The third-order valence-electron chi connectivity index (χ3n) is 6.16. The summed E-state index contributed by atoms with van der Waals surface area (Å²) in [6.07, 6.45) is -2.63. The van der Waals surface area contributed by atoms with Crippen molar-refractivity contribution >= 4 is 11.2 Å². The number of likely N-dealkylation sites (tertiary alicyclic amines) is 1. The Labute approximate surface area is 166 Å². The summed E-state index contributed by atoms with van der Waals surface area (Å²) < 4.78 is 46.9. The van der Waals surface area contributed by atoms with Crippen molar-refractivity contribution in [3.63, 3.8) is 0 Å². The fourth-order valence-corrected chi connectivity index (χ4v) is 4.54. The van der Waals surface area contributed by atoms with Gasteiger partial charge in [-0.15, -0.1) is 0 Å². The first-order valence-corrected chi connectivity index (χ1v) is 9.69. The van der Waals surface area contributed by atoms with E-state index in [0.717, 1.165) is 42.7 Å². The molecule has 152 valence electrons. The maximum absolute atomic E-state index is 13.1. The normalized spacial score (nSPS) is 24.1. The number of halogens is 3. The molecule has 1 aliphatic carbocycles. The molecule has 2 fully saturated rings. The van der Waals surface area contributed by atoms with Gasteiger partial charge >= 0.3 is 6.18 Å². The molecule has 8 heteroatoms. The molecule has 29 heavy (non-hydrogen) atoms. The molecule has 1 unspecified atom stereocenters. The number of fused-ring (bicyclic) bond motifs is 2. The highest BCUT2D eigenvalue weighted by Gasteiger charge is 2.55. The molecule has 0 spiro atoms. The second-order valence-electron chi connectivity index (χ2n) is 7.92. The molecular weight excluding hydrogens is 381 g/mol. The van der Waals surface area contributed by atoms with Crippen molar-refractivity contribution in [2.24, 2.45) is 24.8 Å². The van der Waals surface area contributed by atoms with Crippen LogP contribution in [-0.4, -0.2) is 39.1 Å². The van der Waals surface area contributed by atoms with Crippen molar-refractivity contribution in [1.82, 2.24) is 19.4 Å². The third-order valence-corrected chi connectivity index (χ3v) is 6.16. The standard InChI is InChI=1S/C21H21F3N4O/c1-27-19(26-17-6-4-8-25-20(17)27)11-28-9-13-14(10-28)15(13)12-29-18-7-3-2-5-16(18)21(22,23)24/h2-8,13-15H,9-12H2,1H3/t13-,14+,15?. The first kappa shape index (κ1) is 18.4. The number of ether oxygens (including phenoxy) is 1. The second-order valence-corrected chi connectivity index (χ2v) is 7.92. The van der Waals surface area contributed by atoms with Crippen molar-refractivity contribution in [1.29, 1.82) is 0 Å². The average Bonchev–Trinajstić information content (AvgIpc) is 3.01. The van der Waals surface area contributed by atoms with Gasteiger partial charge in [-0.2, -0.15) is 13.2 Å². The van der Waals surface area contributed by atoms with Crippen LogP contribution in [0.1, 0.15) is 11.4 Å². The Morgan fingerprint density at radius 1 is 1.10 bits per heavy atom. The smallest absolute Gasteiger partial charge is 0.419 e. The van der Waals surface area contributed by atoms with E-state index in [9.17, 15) is 13.2 Å². The van der Waals surface area contributed by atoms with E-state index in [-0.39, 0.29) is 5.75 Å². The number of imidazole rings is 1. The van der Waals surface area contributed by atoms with Crippen LogP contribution < -0.4 is 4.74 Å². The second kappa shape index (κ2) is 6.73. The molecular formula is C21H21F3N4O. The zero-order chi connectivity index (χ0) is 20.2. The minimum absolute atomic E-state index is 0.0750. The van der Waals surface area contributed by atoms with E-state index in [1.807, 2.05) is 23.7 Å². The summed E-state index contributed by atoms with van der Waals surface area (Å²) in [6.45, 7) is 2.95. The number of benzene rings is 1. The number of pyridine rings is 1. The van der Waals surface area contributed by atoms with Crippen LogP contribution >= 0.6 is 0 Å². The minimum Gasteiger partial charge on any atom is -0.493 e. The van der Waals surface area contributed by atoms with Crippen molar-refractivity contribution in [2.45, 2.75) is 12.7 Å². The van der Waals surface area contributed by atoms with Gasteiger partial charge in [-0.25, -0.2) is 9.97 Å². The molecule has 0 amide bonds. The van der Waals surface area contributed by atoms with Crippen LogP contribution in [0.15, 0.2) is 42.6 Å². The lowest BCUT2D eigenvalue weighted by Crippen LogP contribution is -2.26. The fraction of sp³-hybridized carbons (Fsp3) is 0.429. The maximum Gasteiger partial charge on any atom is 0.419 e. The Morgan fingerprint density at radius 2 is 1.86 bits per heavy atom. The first-order valence-electron chi connectivity index (χ1n) is 9.69. The van der Waals surface area contributed by atoms with E-state index in [2.05, 4.69) is 14.9 Å². The molecule has 0 N–H and O–H groups in total. The van der Waals surface area contributed by atoms with Gasteiger partial charge in [0.15, 0.2) is 5.65 Å². The first-order chi connectivity index (χ1) is 13.9. The predicted octanol–water partition coefficient (Wildman–Crippen LogP) is 3.74. The molecule has 1 saturated heterocycles. The van der Waals surface area contributed by atoms with Crippen molar-refractivity contribution in [3.8, 4) is 5.75 Å². The van der Waals surface area contributed by atoms with Gasteiger partial charge in [0.2, 0.25) is 0 Å². The van der Waals surface area contributed by atoms with E-state index >= 15 is 0 Å². The predicted molar refractivity (Wildman–Crippen MR) is 101 cm³/mol. The summed E-state index contributed by atoms with van der Waals surface area (Å²) in [5, 5.41) is 0. The summed E-state index contributed by atoms with van der Waals surface area (Å²) >= 11 is 0. The molecule has 3 heterocycles. The van der Waals surface area contributed by atoms with Gasteiger partial charge in [0.25, 0.3) is 0 Å². The van der Waals surface area contributed by atoms with E-state index in [1.165, 1.54) is 12.1 Å². The van der Waals surface area contributed by atoms with Gasteiger partial charge in [-0.1, -0.05) is 12.1 Å². The number of alkyl halides is 3. The number of nitrogens with zero attached hydrogens (tertiary/aromatic N) is 4. The van der Waals surface area contributed by atoms with Crippen LogP contribution in [0.4, 0.5) is 13.2 Å². The highest BCUT2D eigenvalue weighted by atomic mass is 19.4. The average molecular weight is 402 g/mol.